The number of carbonyl (C=O) groups excluding carboxylic acids is 1. The van der Waals surface area contributed by atoms with Crippen molar-refractivity contribution in [1.82, 2.24) is 9.88 Å². The summed E-state index contributed by atoms with van der Waals surface area (Å²) in [4.78, 5) is 11.4. The summed E-state index contributed by atoms with van der Waals surface area (Å²) in [6, 6.07) is 8.22. The fourth-order valence-corrected chi connectivity index (χ4v) is 2.14. The molecule has 4 nitrogen and oxygen atoms in total. The molecule has 0 radical (unpaired) electrons. The van der Waals surface area contributed by atoms with Crippen LogP contribution in [-0.4, -0.2) is 23.2 Å². The van der Waals surface area contributed by atoms with Gasteiger partial charge in [0.2, 0.25) is 0 Å². The lowest BCUT2D eigenvalue weighted by molar-refractivity contribution is -0.141. The van der Waals surface area contributed by atoms with Crippen LogP contribution in [-0.2, 0) is 22.6 Å². The Hall–Kier alpha value is -1.81. The molecule has 0 fully saturated rings. The number of fused-ring (bicyclic) bond motifs is 1. The number of ether oxygens (including phenoxy) is 1. The summed E-state index contributed by atoms with van der Waals surface area (Å²) in [7, 11) is 1.41. The largest absolute Gasteiger partial charge is 0.468 e. The van der Waals surface area contributed by atoms with Gasteiger partial charge in [-0.05, 0) is 38.5 Å². The first-order chi connectivity index (χ1) is 9.40. The number of aromatic nitrogens is 1. The molecule has 0 saturated heterocycles. The molecule has 20 heavy (non-hydrogen) atoms. The van der Waals surface area contributed by atoms with Gasteiger partial charge in [-0.2, -0.15) is 0 Å². The molecule has 0 unspecified atom stereocenters. The third-order valence-corrected chi connectivity index (χ3v) is 3.24. The van der Waals surface area contributed by atoms with Crippen molar-refractivity contribution in [1.29, 1.82) is 0 Å². The van der Waals surface area contributed by atoms with Gasteiger partial charge in [0, 0.05) is 29.2 Å². The molecule has 2 rings (SSSR count). The maximum absolute atomic E-state index is 11.4. The van der Waals surface area contributed by atoms with Crippen LogP contribution in [0, 0.1) is 0 Å². The molecule has 0 atom stereocenters. The van der Waals surface area contributed by atoms with Crippen molar-refractivity contribution >= 4 is 16.9 Å². The molecule has 0 aliphatic carbocycles. The quantitative estimate of drug-likeness (QED) is 0.872. The first kappa shape index (κ1) is 14.6. The maximum Gasteiger partial charge on any atom is 0.325 e. The number of esters is 1. The fraction of sp³-hybridized carbons (Fsp3) is 0.438. The highest BCUT2D eigenvalue weighted by Gasteiger charge is 2.12. The standard InChI is InChI=1S/C16H22N2O2/c1-16(2,3)17-10-12-6-5-7-14-13(12)8-9-18(14)11-15(19)20-4/h5-9,17H,10-11H2,1-4H3. The zero-order valence-corrected chi connectivity index (χ0v) is 12.6. The maximum atomic E-state index is 11.4. The van der Waals surface area contributed by atoms with Gasteiger partial charge in [0.25, 0.3) is 0 Å². The van der Waals surface area contributed by atoms with E-state index in [4.69, 9.17) is 4.74 Å². The van der Waals surface area contributed by atoms with Crippen LogP contribution in [0.3, 0.4) is 0 Å². The number of nitrogens with zero attached hydrogens (tertiary/aromatic N) is 1. The number of rotatable bonds is 4. The zero-order chi connectivity index (χ0) is 14.8. The van der Waals surface area contributed by atoms with Gasteiger partial charge in [0.1, 0.15) is 6.54 Å². The second-order valence-corrected chi connectivity index (χ2v) is 5.97. The summed E-state index contributed by atoms with van der Waals surface area (Å²) in [5, 5.41) is 4.66. The van der Waals surface area contributed by atoms with Crippen LogP contribution >= 0.6 is 0 Å². The van der Waals surface area contributed by atoms with Gasteiger partial charge >= 0.3 is 5.97 Å². The molecule has 1 N–H and O–H groups in total. The monoisotopic (exact) mass is 274 g/mol. The minimum atomic E-state index is -0.235. The van der Waals surface area contributed by atoms with Crippen LogP contribution in [0.15, 0.2) is 30.5 Å². The Morgan fingerprint density at radius 3 is 2.70 bits per heavy atom. The van der Waals surface area contributed by atoms with Crippen LogP contribution in [0.5, 0.6) is 0 Å². The number of hydrogen-bond acceptors (Lipinski definition) is 3. The van der Waals surface area contributed by atoms with Gasteiger partial charge in [-0.15, -0.1) is 0 Å². The summed E-state index contributed by atoms with van der Waals surface area (Å²) >= 11 is 0. The van der Waals surface area contributed by atoms with E-state index >= 15 is 0 Å². The van der Waals surface area contributed by atoms with Crippen molar-refractivity contribution in [2.75, 3.05) is 7.11 Å². The van der Waals surface area contributed by atoms with E-state index in [-0.39, 0.29) is 18.1 Å². The topological polar surface area (TPSA) is 43.3 Å². The smallest absolute Gasteiger partial charge is 0.325 e. The summed E-state index contributed by atoms with van der Waals surface area (Å²) in [5.41, 5.74) is 2.38. The van der Waals surface area contributed by atoms with Crippen LogP contribution in [0.1, 0.15) is 26.3 Å². The number of carbonyl (C=O) groups is 1. The molecule has 0 bridgehead atoms. The van der Waals surface area contributed by atoms with E-state index in [0.29, 0.717) is 0 Å². The third-order valence-electron chi connectivity index (χ3n) is 3.24. The van der Waals surface area contributed by atoms with Crippen LogP contribution in [0.25, 0.3) is 10.9 Å². The van der Waals surface area contributed by atoms with E-state index in [9.17, 15) is 4.79 Å². The Morgan fingerprint density at radius 2 is 2.05 bits per heavy atom. The fourth-order valence-electron chi connectivity index (χ4n) is 2.14. The van der Waals surface area contributed by atoms with Crippen LogP contribution < -0.4 is 5.32 Å². The molecule has 108 valence electrons. The molecule has 1 aromatic heterocycles. The summed E-state index contributed by atoms with van der Waals surface area (Å²) < 4.78 is 6.64. The number of nitrogens with one attached hydrogen (secondary N) is 1. The van der Waals surface area contributed by atoms with Crippen molar-refractivity contribution in [3.05, 3.63) is 36.0 Å². The highest BCUT2D eigenvalue weighted by atomic mass is 16.5. The highest BCUT2D eigenvalue weighted by molar-refractivity contribution is 5.85. The molecule has 0 aliphatic rings. The lowest BCUT2D eigenvalue weighted by atomic mass is 10.1. The third kappa shape index (κ3) is 3.39. The number of hydrogen-bond donors (Lipinski definition) is 1. The number of benzene rings is 1. The van der Waals surface area contributed by atoms with Gasteiger partial charge < -0.3 is 14.6 Å². The molecular formula is C16H22N2O2. The molecule has 1 heterocycles. The van der Waals surface area contributed by atoms with E-state index in [1.165, 1.54) is 18.1 Å². The Balaban J connectivity index is 2.28. The van der Waals surface area contributed by atoms with Gasteiger partial charge in [-0.3, -0.25) is 4.79 Å². The van der Waals surface area contributed by atoms with Crippen molar-refractivity contribution in [3.8, 4) is 0 Å². The molecule has 0 aliphatic heterocycles. The summed E-state index contributed by atoms with van der Waals surface area (Å²) in [6.07, 6.45) is 1.93. The second-order valence-electron chi connectivity index (χ2n) is 5.97. The Kier molecular flexibility index (Phi) is 4.14. The first-order valence-corrected chi connectivity index (χ1v) is 6.79. The lowest BCUT2D eigenvalue weighted by Crippen LogP contribution is -2.35. The van der Waals surface area contributed by atoms with E-state index in [2.05, 4.69) is 38.2 Å². The summed E-state index contributed by atoms with van der Waals surface area (Å²) in [5.74, 6) is -0.235. The minimum absolute atomic E-state index is 0.0801. The molecule has 0 spiro atoms. The predicted molar refractivity (Wildman–Crippen MR) is 80.5 cm³/mol. The normalized spacial score (nSPS) is 11.8. The lowest BCUT2D eigenvalue weighted by Gasteiger charge is -2.20. The molecular weight excluding hydrogens is 252 g/mol. The average molecular weight is 274 g/mol. The van der Waals surface area contributed by atoms with Crippen LogP contribution in [0.4, 0.5) is 0 Å². The van der Waals surface area contributed by atoms with Crippen molar-refractivity contribution in [2.24, 2.45) is 0 Å². The van der Waals surface area contributed by atoms with Gasteiger partial charge in [0.05, 0.1) is 7.11 Å². The molecule has 4 heteroatoms. The second kappa shape index (κ2) is 5.67. The zero-order valence-electron chi connectivity index (χ0n) is 12.6. The Bertz CT molecular complexity index is 608. The van der Waals surface area contributed by atoms with E-state index in [0.717, 1.165) is 12.1 Å². The molecule has 0 amide bonds. The number of methoxy groups -OCH3 is 1. The van der Waals surface area contributed by atoms with Crippen molar-refractivity contribution in [3.63, 3.8) is 0 Å². The predicted octanol–water partition coefficient (Wildman–Crippen LogP) is 2.70. The Labute approximate surface area is 119 Å². The van der Waals surface area contributed by atoms with Gasteiger partial charge in [-0.25, -0.2) is 0 Å². The van der Waals surface area contributed by atoms with Gasteiger partial charge in [-0.1, -0.05) is 12.1 Å². The average Bonchev–Trinajstić information content (AvgIpc) is 2.79. The van der Waals surface area contributed by atoms with E-state index in [1.807, 2.05) is 22.9 Å². The Morgan fingerprint density at radius 1 is 1.30 bits per heavy atom. The minimum Gasteiger partial charge on any atom is -0.468 e. The van der Waals surface area contributed by atoms with Gasteiger partial charge in [0.15, 0.2) is 0 Å². The highest BCUT2D eigenvalue weighted by Crippen LogP contribution is 2.21. The van der Waals surface area contributed by atoms with Crippen molar-refractivity contribution in [2.45, 2.75) is 39.4 Å². The van der Waals surface area contributed by atoms with E-state index < -0.39 is 0 Å². The SMILES string of the molecule is COC(=O)Cn1ccc2c(CNC(C)(C)C)cccc21. The van der Waals surface area contributed by atoms with E-state index in [1.54, 1.807) is 0 Å². The molecule has 2 aromatic rings. The summed E-state index contributed by atoms with van der Waals surface area (Å²) in [6.45, 7) is 7.50. The van der Waals surface area contributed by atoms with Crippen LogP contribution in [0.2, 0.25) is 0 Å². The molecule has 1 aromatic carbocycles. The first-order valence-electron chi connectivity index (χ1n) is 6.79. The molecule has 0 saturated carbocycles. The van der Waals surface area contributed by atoms with Crippen molar-refractivity contribution < 1.29 is 9.53 Å².